The maximum absolute atomic E-state index is 12.6. The number of hydrogen-bond acceptors (Lipinski definition) is 3. The minimum Gasteiger partial charge on any atom is -0.312 e. The molecule has 140 valence electrons. The number of benzene rings is 2. The Morgan fingerprint density at radius 1 is 1.07 bits per heavy atom. The molecule has 5 heteroatoms. The number of carbonyl (C=O) groups is 2. The minimum absolute atomic E-state index is 0.0171. The highest BCUT2D eigenvalue weighted by atomic mass is 16.2. The molecule has 0 atom stereocenters. The first kappa shape index (κ1) is 18.8. The molecule has 0 aromatic heterocycles. The van der Waals surface area contributed by atoms with E-state index in [1.165, 1.54) is 11.1 Å². The number of nitrogens with one attached hydrogen (secondary N) is 1. The van der Waals surface area contributed by atoms with Crippen LogP contribution in [0.4, 0.5) is 5.69 Å². The van der Waals surface area contributed by atoms with Gasteiger partial charge in [-0.1, -0.05) is 48.0 Å². The summed E-state index contributed by atoms with van der Waals surface area (Å²) in [5, 5.41) is 4.14. The fraction of sp³-hybridized carbons (Fsp3) is 0.318. The fourth-order valence-electron chi connectivity index (χ4n) is 3.21. The number of para-hydroxylation sites is 1. The van der Waals surface area contributed by atoms with Crippen molar-refractivity contribution in [3.8, 4) is 0 Å². The number of amides is 2. The lowest BCUT2D eigenvalue weighted by Crippen LogP contribution is -2.36. The van der Waals surface area contributed by atoms with Crippen molar-refractivity contribution in [2.75, 3.05) is 11.4 Å². The predicted octanol–water partition coefficient (Wildman–Crippen LogP) is 3.59. The van der Waals surface area contributed by atoms with Gasteiger partial charge >= 0.3 is 0 Å². The highest BCUT2D eigenvalue weighted by Crippen LogP contribution is 2.27. The molecule has 27 heavy (non-hydrogen) atoms. The first-order valence-corrected chi connectivity index (χ1v) is 9.33. The molecule has 0 spiro atoms. The van der Waals surface area contributed by atoms with Gasteiger partial charge in [-0.3, -0.25) is 9.59 Å². The van der Waals surface area contributed by atoms with E-state index in [1.807, 2.05) is 56.3 Å². The zero-order valence-corrected chi connectivity index (χ0v) is 15.9. The SMILES string of the molecule is CC(=NNC(=O)CCC(=O)N1CCCc2ccccc21)c1ccc(C)cc1. The number of aryl methyl sites for hydroxylation is 2. The fourth-order valence-corrected chi connectivity index (χ4v) is 3.21. The lowest BCUT2D eigenvalue weighted by Gasteiger charge is -2.29. The maximum Gasteiger partial charge on any atom is 0.240 e. The molecule has 0 saturated carbocycles. The van der Waals surface area contributed by atoms with Crippen molar-refractivity contribution in [2.45, 2.75) is 39.5 Å². The topological polar surface area (TPSA) is 61.8 Å². The van der Waals surface area contributed by atoms with Crippen LogP contribution in [0.3, 0.4) is 0 Å². The quantitative estimate of drug-likeness (QED) is 0.652. The van der Waals surface area contributed by atoms with Gasteiger partial charge in [0.15, 0.2) is 0 Å². The summed E-state index contributed by atoms with van der Waals surface area (Å²) in [5.41, 5.74) is 7.59. The second-order valence-corrected chi connectivity index (χ2v) is 6.88. The summed E-state index contributed by atoms with van der Waals surface area (Å²) >= 11 is 0. The number of nitrogens with zero attached hydrogens (tertiary/aromatic N) is 2. The smallest absolute Gasteiger partial charge is 0.240 e. The third-order valence-electron chi connectivity index (χ3n) is 4.79. The van der Waals surface area contributed by atoms with Crippen molar-refractivity contribution >= 4 is 23.2 Å². The predicted molar refractivity (Wildman–Crippen MR) is 108 cm³/mol. The summed E-state index contributed by atoms with van der Waals surface area (Å²) in [4.78, 5) is 26.4. The van der Waals surface area contributed by atoms with Crippen LogP contribution in [0.25, 0.3) is 0 Å². The molecule has 1 aliphatic heterocycles. The van der Waals surface area contributed by atoms with Gasteiger partial charge in [0.05, 0.1) is 5.71 Å². The number of fused-ring (bicyclic) bond motifs is 1. The Labute approximate surface area is 160 Å². The van der Waals surface area contributed by atoms with Gasteiger partial charge < -0.3 is 4.90 Å². The summed E-state index contributed by atoms with van der Waals surface area (Å²) in [6, 6.07) is 15.9. The number of anilines is 1. The Kier molecular flexibility index (Phi) is 6.01. The zero-order valence-electron chi connectivity index (χ0n) is 15.9. The van der Waals surface area contributed by atoms with E-state index in [0.29, 0.717) is 6.54 Å². The van der Waals surface area contributed by atoms with Crippen LogP contribution >= 0.6 is 0 Å². The average Bonchev–Trinajstić information content (AvgIpc) is 2.70. The van der Waals surface area contributed by atoms with Crippen LogP contribution in [0.2, 0.25) is 0 Å². The first-order valence-electron chi connectivity index (χ1n) is 9.33. The Balaban J connectivity index is 1.53. The van der Waals surface area contributed by atoms with Crippen molar-refractivity contribution < 1.29 is 9.59 Å². The number of hydrazone groups is 1. The molecular weight excluding hydrogens is 338 g/mol. The van der Waals surface area contributed by atoms with Gasteiger partial charge in [-0.15, -0.1) is 0 Å². The molecule has 0 aliphatic carbocycles. The van der Waals surface area contributed by atoms with Crippen molar-refractivity contribution in [1.29, 1.82) is 0 Å². The molecule has 2 aromatic carbocycles. The number of carbonyl (C=O) groups excluding carboxylic acids is 2. The summed E-state index contributed by atoms with van der Waals surface area (Å²) in [5.74, 6) is -0.267. The third-order valence-corrected chi connectivity index (χ3v) is 4.79. The van der Waals surface area contributed by atoms with Gasteiger partial charge in [-0.25, -0.2) is 5.43 Å². The van der Waals surface area contributed by atoms with Gasteiger partial charge in [0.25, 0.3) is 0 Å². The monoisotopic (exact) mass is 363 g/mol. The largest absolute Gasteiger partial charge is 0.312 e. The van der Waals surface area contributed by atoms with Crippen LogP contribution in [0.5, 0.6) is 0 Å². The maximum atomic E-state index is 12.6. The summed E-state index contributed by atoms with van der Waals surface area (Å²) in [6.45, 7) is 4.58. The molecule has 0 bridgehead atoms. The average molecular weight is 363 g/mol. The first-order chi connectivity index (χ1) is 13.0. The van der Waals surface area contributed by atoms with Gasteiger partial charge in [-0.05, 0) is 43.9 Å². The van der Waals surface area contributed by atoms with Crippen molar-refractivity contribution in [1.82, 2.24) is 5.43 Å². The third kappa shape index (κ3) is 4.82. The van der Waals surface area contributed by atoms with Crippen LogP contribution in [0.1, 0.15) is 42.9 Å². The van der Waals surface area contributed by atoms with E-state index in [-0.39, 0.29) is 24.7 Å². The Hall–Kier alpha value is -2.95. The molecule has 2 amide bonds. The molecule has 1 N–H and O–H groups in total. The molecular formula is C22H25N3O2. The molecule has 0 saturated heterocycles. The van der Waals surface area contributed by atoms with Gasteiger partial charge in [0.2, 0.25) is 11.8 Å². The lowest BCUT2D eigenvalue weighted by molar-refractivity contribution is -0.125. The van der Waals surface area contributed by atoms with Crippen LogP contribution in [-0.4, -0.2) is 24.1 Å². The van der Waals surface area contributed by atoms with E-state index in [9.17, 15) is 9.59 Å². The standard InChI is InChI=1S/C22H25N3O2/c1-16-9-11-18(12-10-16)17(2)23-24-21(26)13-14-22(27)25-15-5-7-19-6-3-4-8-20(19)25/h3-4,6,8-12H,5,7,13-15H2,1-2H3,(H,24,26). The molecule has 0 fully saturated rings. The number of rotatable bonds is 5. The van der Waals surface area contributed by atoms with Crippen LogP contribution in [0.15, 0.2) is 53.6 Å². The van der Waals surface area contributed by atoms with Gasteiger partial charge in [0, 0.05) is 25.1 Å². The summed E-state index contributed by atoms with van der Waals surface area (Å²) in [7, 11) is 0. The highest BCUT2D eigenvalue weighted by Gasteiger charge is 2.22. The van der Waals surface area contributed by atoms with E-state index in [4.69, 9.17) is 0 Å². The molecule has 0 unspecified atom stereocenters. The second-order valence-electron chi connectivity index (χ2n) is 6.88. The molecule has 5 nitrogen and oxygen atoms in total. The Bertz CT molecular complexity index is 856. The summed E-state index contributed by atoms with van der Waals surface area (Å²) < 4.78 is 0. The minimum atomic E-state index is -0.250. The van der Waals surface area contributed by atoms with E-state index >= 15 is 0 Å². The van der Waals surface area contributed by atoms with Crippen LogP contribution in [0, 0.1) is 6.92 Å². The molecule has 1 aliphatic rings. The molecule has 3 rings (SSSR count). The Morgan fingerprint density at radius 3 is 2.59 bits per heavy atom. The zero-order chi connectivity index (χ0) is 19.2. The van der Waals surface area contributed by atoms with E-state index in [2.05, 4.69) is 16.6 Å². The second kappa shape index (κ2) is 8.62. The van der Waals surface area contributed by atoms with Crippen LogP contribution in [-0.2, 0) is 16.0 Å². The summed E-state index contributed by atoms with van der Waals surface area (Å²) in [6.07, 6.45) is 2.25. The van der Waals surface area contributed by atoms with E-state index in [1.54, 1.807) is 4.90 Å². The van der Waals surface area contributed by atoms with Gasteiger partial charge in [0.1, 0.15) is 0 Å². The lowest BCUT2D eigenvalue weighted by atomic mass is 10.0. The Morgan fingerprint density at radius 2 is 1.81 bits per heavy atom. The highest BCUT2D eigenvalue weighted by molar-refractivity contribution is 5.99. The van der Waals surface area contributed by atoms with E-state index in [0.717, 1.165) is 29.8 Å². The van der Waals surface area contributed by atoms with Gasteiger partial charge in [-0.2, -0.15) is 5.10 Å². The molecule has 2 aromatic rings. The molecule has 1 heterocycles. The molecule has 0 radical (unpaired) electrons. The normalized spacial score (nSPS) is 13.9. The number of hydrogen-bond donors (Lipinski definition) is 1. The van der Waals surface area contributed by atoms with Crippen LogP contribution < -0.4 is 10.3 Å². The van der Waals surface area contributed by atoms with E-state index < -0.39 is 0 Å². The van der Waals surface area contributed by atoms with Crippen molar-refractivity contribution in [3.63, 3.8) is 0 Å². The van der Waals surface area contributed by atoms with Crippen molar-refractivity contribution in [3.05, 3.63) is 65.2 Å². The van der Waals surface area contributed by atoms with Crippen molar-refractivity contribution in [2.24, 2.45) is 5.10 Å².